The Bertz CT molecular complexity index is 1200. The molecule has 4 aromatic rings. The molecule has 1 N–H and O–H groups in total. The quantitative estimate of drug-likeness (QED) is 0.516. The van der Waals surface area contributed by atoms with Crippen LogP contribution < -0.4 is 14.8 Å². The second kappa shape index (κ2) is 8.10. The molecule has 0 fully saturated rings. The number of anilines is 1. The summed E-state index contributed by atoms with van der Waals surface area (Å²) in [4.78, 5) is 4.29. The molecule has 0 saturated heterocycles. The van der Waals surface area contributed by atoms with Crippen LogP contribution in [0.15, 0.2) is 67.1 Å². The zero-order valence-corrected chi connectivity index (χ0v) is 17.4. The minimum absolute atomic E-state index is 0.156. The molecule has 1 atom stereocenters. The zero-order valence-electron chi connectivity index (χ0n) is 17.4. The first-order valence-electron chi connectivity index (χ1n) is 10.2. The first kappa shape index (κ1) is 19.1. The van der Waals surface area contributed by atoms with Crippen LogP contribution in [0.3, 0.4) is 0 Å². The highest BCUT2D eigenvalue weighted by Gasteiger charge is 2.21. The second-order valence-electron chi connectivity index (χ2n) is 7.48. The number of nitrogens with zero attached hydrogens (tertiary/aromatic N) is 4. The second-order valence-corrected chi connectivity index (χ2v) is 7.48. The number of fused-ring (bicyclic) bond motifs is 1. The summed E-state index contributed by atoms with van der Waals surface area (Å²) in [6, 6.07) is 18.2. The van der Waals surface area contributed by atoms with Gasteiger partial charge < -0.3 is 19.4 Å². The lowest BCUT2D eigenvalue weighted by Gasteiger charge is -2.26. The fourth-order valence-corrected chi connectivity index (χ4v) is 3.84. The average molecular weight is 413 g/mol. The maximum atomic E-state index is 5.74. The van der Waals surface area contributed by atoms with E-state index in [0.29, 0.717) is 6.61 Å². The molecule has 156 valence electrons. The zero-order chi connectivity index (χ0) is 21.2. The number of hydrogen-bond donors (Lipinski definition) is 1. The Morgan fingerprint density at radius 1 is 1.10 bits per heavy atom. The van der Waals surface area contributed by atoms with Gasteiger partial charge in [0.1, 0.15) is 17.3 Å². The summed E-state index contributed by atoms with van der Waals surface area (Å²) in [5.41, 5.74) is 4.75. The van der Waals surface area contributed by atoms with Gasteiger partial charge in [-0.2, -0.15) is 0 Å². The third-order valence-corrected chi connectivity index (χ3v) is 5.41. The molecular weight excluding hydrogens is 390 g/mol. The molecule has 7 heteroatoms. The Labute approximate surface area is 180 Å². The van der Waals surface area contributed by atoms with Crippen LogP contribution in [0.5, 0.6) is 11.5 Å². The van der Waals surface area contributed by atoms with E-state index in [0.717, 1.165) is 51.9 Å². The Balaban J connectivity index is 1.37. The van der Waals surface area contributed by atoms with Crippen LogP contribution in [0.2, 0.25) is 0 Å². The third-order valence-electron chi connectivity index (χ3n) is 5.41. The van der Waals surface area contributed by atoms with Gasteiger partial charge >= 0.3 is 0 Å². The summed E-state index contributed by atoms with van der Waals surface area (Å²) >= 11 is 0. The van der Waals surface area contributed by atoms with E-state index in [1.54, 1.807) is 13.4 Å². The van der Waals surface area contributed by atoms with Gasteiger partial charge in [0.15, 0.2) is 0 Å². The number of para-hydroxylation sites is 1. The van der Waals surface area contributed by atoms with Crippen molar-refractivity contribution >= 4 is 5.82 Å². The van der Waals surface area contributed by atoms with Crippen molar-refractivity contribution in [2.75, 3.05) is 19.0 Å². The van der Waals surface area contributed by atoms with E-state index in [-0.39, 0.29) is 6.04 Å². The van der Waals surface area contributed by atoms with E-state index in [1.165, 1.54) is 0 Å². The average Bonchev–Trinajstić information content (AvgIpc) is 3.25. The van der Waals surface area contributed by atoms with Gasteiger partial charge in [0.2, 0.25) is 0 Å². The van der Waals surface area contributed by atoms with Gasteiger partial charge in [-0.05, 0) is 37.3 Å². The van der Waals surface area contributed by atoms with Crippen molar-refractivity contribution in [1.29, 1.82) is 0 Å². The Hall–Kier alpha value is -3.87. The van der Waals surface area contributed by atoms with Crippen LogP contribution in [0.1, 0.15) is 23.7 Å². The number of imidazole rings is 1. The summed E-state index contributed by atoms with van der Waals surface area (Å²) in [6.45, 7) is 2.64. The summed E-state index contributed by atoms with van der Waals surface area (Å²) < 4.78 is 13.3. The van der Waals surface area contributed by atoms with Crippen molar-refractivity contribution in [3.8, 4) is 28.4 Å². The Morgan fingerprint density at radius 2 is 2.00 bits per heavy atom. The molecule has 1 aliphatic rings. The monoisotopic (exact) mass is 413 g/mol. The fraction of sp³-hybridized carbons (Fsp3) is 0.208. The maximum Gasteiger partial charge on any atom is 0.149 e. The molecular formula is C24H23N5O2. The van der Waals surface area contributed by atoms with E-state index >= 15 is 0 Å². The predicted octanol–water partition coefficient (Wildman–Crippen LogP) is 4.58. The summed E-state index contributed by atoms with van der Waals surface area (Å²) in [7, 11) is 1.66. The van der Waals surface area contributed by atoms with E-state index in [4.69, 9.17) is 9.47 Å². The van der Waals surface area contributed by atoms with Crippen LogP contribution in [-0.2, 0) is 0 Å². The lowest BCUT2D eigenvalue weighted by atomic mass is 10.0. The van der Waals surface area contributed by atoms with E-state index < -0.39 is 0 Å². The largest absolute Gasteiger partial charge is 0.495 e. The van der Waals surface area contributed by atoms with Crippen molar-refractivity contribution in [3.05, 3.63) is 78.4 Å². The normalized spacial score (nSPS) is 15.1. The lowest BCUT2D eigenvalue weighted by Crippen LogP contribution is -2.20. The Kier molecular flexibility index (Phi) is 5.00. The van der Waals surface area contributed by atoms with Gasteiger partial charge in [-0.1, -0.05) is 24.3 Å². The highest BCUT2D eigenvalue weighted by molar-refractivity contribution is 5.66. The lowest BCUT2D eigenvalue weighted by molar-refractivity contribution is 0.274. The number of aromatic nitrogens is 4. The fourth-order valence-electron chi connectivity index (χ4n) is 3.84. The molecule has 31 heavy (non-hydrogen) atoms. The first-order chi connectivity index (χ1) is 15.2. The molecule has 5 rings (SSSR count). The minimum Gasteiger partial charge on any atom is -0.495 e. The molecule has 2 aromatic carbocycles. The van der Waals surface area contributed by atoms with Gasteiger partial charge in [-0.15, -0.1) is 10.2 Å². The molecule has 1 unspecified atom stereocenters. The molecule has 0 aliphatic carbocycles. The van der Waals surface area contributed by atoms with E-state index in [9.17, 15) is 0 Å². The molecule has 0 saturated carbocycles. The predicted molar refractivity (Wildman–Crippen MR) is 119 cm³/mol. The third kappa shape index (κ3) is 3.82. The topological polar surface area (TPSA) is 74.1 Å². The molecule has 0 amide bonds. The molecule has 1 aliphatic heterocycles. The van der Waals surface area contributed by atoms with Gasteiger partial charge in [0.05, 0.1) is 43.2 Å². The number of aryl methyl sites for hydroxylation is 1. The van der Waals surface area contributed by atoms with Crippen molar-refractivity contribution in [3.63, 3.8) is 0 Å². The number of benzene rings is 2. The SMILES string of the molecule is COc1cc(-c2ccc(NC3CCOc4ccccc43)nn2)ccc1-n1cnc(C)c1. The highest BCUT2D eigenvalue weighted by Crippen LogP contribution is 2.34. The standard InChI is InChI=1S/C24H23N5O2/c1-16-14-29(15-25-16)21-9-7-17(13-23(21)30-2)19-8-10-24(28-27-19)26-20-11-12-31-22-6-4-3-5-18(20)22/h3-10,13-15,20H,11-12H2,1-2H3,(H,26,28). The number of rotatable bonds is 5. The number of hydrogen-bond acceptors (Lipinski definition) is 6. The van der Waals surface area contributed by atoms with E-state index in [1.807, 2.05) is 66.2 Å². The van der Waals surface area contributed by atoms with Gasteiger partial charge in [-0.3, -0.25) is 0 Å². The van der Waals surface area contributed by atoms with Gasteiger partial charge in [-0.25, -0.2) is 4.98 Å². The van der Waals surface area contributed by atoms with Crippen LogP contribution in [0.25, 0.3) is 16.9 Å². The van der Waals surface area contributed by atoms with Crippen molar-refractivity contribution in [2.24, 2.45) is 0 Å². The summed E-state index contributed by atoms with van der Waals surface area (Å²) in [5.74, 6) is 2.41. The van der Waals surface area contributed by atoms with Crippen molar-refractivity contribution in [1.82, 2.24) is 19.7 Å². The smallest absolute Gasteiger partial charge is 0.149 e. The van der Waals surface area contributed by atoms with Gasteiger partial charge in [0.25, 0.3) is 0 Å². The van der Waals surface area contributed by atoms with Crippen molar-refractivity contribution < 1.29 is 9.47 Å². The molecule has 7 nitrogen and oxygen atoms in total. The number of methoxy groups -OCH3 is 1. The number of ether oxygens (including phenoxy) is 2. The molecule has 0 bridgehead atoms. The Morgan fingerprint density at radius 3 is 2.77 bits per heavy atom. The molecule has 0 spiro atoms. The first-order valence-corrected chi connectivity index (χ1v) is 10.2. The van der Waals surface area contributed by atoms with Crippen LogP contribution in [-0.4, -0.2) is 33.5 Å². The minimum atomic E-state index is 0.156. The molecule has 0 radical (unpaired) electrons. The summed E-state index contributed by atoms with van der Waals surface area (Å²) in [6.07, 6.45) is 4.63. The molecule has 3 heterocycles. The van der Waals surface area contributed by atoms with Crippen LogP contribution >= 0.6 is 0 Å². The molecule has 2 aromatic heterocycles. The summed E-state index contributed by atoms with van der Waals surface area (Å²) in [5, 5.41) is 12.3. The van der Waals surface area contributed by atoms with Crippen molar-refractivity contribution in [2.45, 2.75) is 19.4 Å². The van der Waals surface area contributed by atoms with E-state index in [2.05, 4.69) is 26.6 Å². The van der Waals surface area contributed by atoms with Crippen LogP contribution in [0.4, 0.5) is 5.82 Å². The number of nitrogens with one attached hydrogen (secondary N) is 1. The van der Waals surface area contributed by atoms with Crippen LogP contribution in [0, 0.1) is 6.92 Å². The maximum absolute atomic E-state index is 5.74. The van der Waals surface area contributed by atoms with Gasteiger partial charge in [0, 0.05) is 23.7 Å². The highest BCUT2D eigenvalue weighted by atomic mass is 16.5.